The van der Waals surface area contributed by atoms with Crippen LogP contribution in [-0.2, 0) is 0 Å². The van der Waals surface area contributed by atoms with Gasteiger partial charge in [-0.05, 0) is 43.7 Å². The van der Waals surface area contributed by atoms with Gasteiger partial charge in [-0.2, -0.15) is 5.26 Å². The van der Waals surface area contributed by atoms with E-state index in [1.54, 1.807) is 19.5 Å². The summed E-state index contributed by atoms with van der Waals surface area (Å²) in [5.74, 6) is 0.442. The molecule has 1 aromatic rings. The lowest BCUT2D eigenvalue weighted by molar-refractivity contribution is 0.177. The van der Waals surface area contributed by atoms with E-state index in [2.05, 4.69) is 37.7 Å². The third-order valence-corrected chi connectivity index (χ3v) is 5.63. The summed E-state index contributed by atoms with van der Waals surface area (Å²) in [5.41, 5.74) is 7.49. The lowest BCUT2D eigenvalue weighted by Gasteiger charge is -2.34. The number of urea groups is 1. The van der Waals surface area contributed by atoms with Crippen molar-refractivity contribution >= 4 is 23.8 Å². The van der Waals surface area contributed by atoms with Crippen molar-refractivity contribution in [3.63, 3.8) is 0 Å². The summed E-state index contributed by atoms with van der Waals surface area (Å²) in [6.45, 7) is 0. The minimum atomic E-state index is -0.649. The molecule has 1 aromatic heterocycles. The fraction of sp³-hybridized carbons (Fsp3) is 0.450. The van der Waals surface area contributed by atoms with Crippen LogP contribution in [0, 0.1) is 11.3 Å². The second-order valence-electron chi connectivity index (χ2n) is 7.63. The molecule has 2 bridgehead atoms. The normalized spacial score (nSPS) is 24.8. The molecule has 2 fully saturated rings. The number of amides is 2. The number of fused-ring (bicyclic) bond motifs is 2. The molecule has 2 atom stereocenters. The Labute approximate surface area is 169 Å². The molecule has 0 spiro atoms. The minimum absolute atomic E-state index is 0.0244. The van der Waals surface area contributed by atoms with Crippen LogP contribution in [0.4, 0.5) is 10.7 Å². The smallest absolute Gasteiger partial charge is 0.319 e. The molecule has 1 aliphatic carbocycles. The fourth-order valence-electron chi connectivity index (χ4n) is 3.98. The average Bonchev–Trinajstić information content (AvgIpc) is 3.45. The highest BCUT2D eigenvalue weighted by atomic mass is 16.2. The molecule has 0 radical (unpaired) electrons. The van der Waals surface area contributed by atoms with Gasteiger partial charge in [0, 0.05) is 31.7 Å². The first-order chi connectivity index (χ1) is 14.1. The van der Waals surface area contributed by atoms with Crippen LogP contribution in [0.2, 0.25) is 0 Å². The van der Waals surface area contributed by atoms with E-state index in [9.17, 15) is 10.1 Å². The van der Waals surface area contributed by atoms with Crippen molar-refractivity contribution < 1.29 is 4.79 Å². The quantitative estimate of drug-likeness (QED) is 0.654. The number of aromatic nitrogens is 2. The monoisotopic (exact) mass is 392 g/mol. The Kier molecular flexibility index (Phi) is 4.92. The predicted octanol–water partition coefficient (Wildman–Crippen LogP) is 1.78. The first-order valence-electron chi connectivity index (χ1n) is 9.74. The molecule has 1 saturated heterocycles. The van der Waals surface area contributed by atoms with Gasteiger partial charge in [0.25, 0.3) is 0 Å². The molecule has 2 unspecified atom stereocenters. The van der Waals surface area contributed by atoms with Crippen molar-refractivity contribution in [3.05, 3.63) is 35.9 Å². The highest BCUT2D eigenvalue weighted by Crippen LogP contribution is 2.40. The van der Waals surface area contributed by atoms with Gasteiger partial charge in [0.05, 0.1) is 23.5 Å². The topological polar surface area (TPSA) is 132 Å². The maximum atomic E-state index is 12.8. The van der Waals surface area contributed by atoms with Gasteiger partial charge in [-0.1, -0.05) is 6.08 Å². The van der Waals surface area contributed by atoms with E-state index in [1.165, 1.54) is 6.20 Å². The summed E-state index contributed by atoms with van der Waals surface area (Å²) >= 11 is 0. The Morgan fingerprint density at radius 2 is 2.31 bits per heavy atom. The molecule has 9 nitrogen and oxygen atoms in total. The van der Waals surface area contributed by atoms with Crippen LogP contribution in [0.3, 0.4) is 0 Å². The van der Waals surface area contributed by atoms with Crippen molar-refractivity contribution in [1.29, 1.82) is 5.26 Å². The summed E-state index contributed by atoms with van der Waals surface area (Å²) < 4.78 is 0. The molecule has 9 heteroatoms. The van der Waals surface area contributed by atoms with Gasteiger partial charge in [0.2, 0.25) is 5.95 Å². The number of nitriles is 1. The van der Waals surface area contributed by atoms with Gasteiger partial charge in [0.15, 0.2) is 0 Å². The van der Waals surface area contributed by atoms with Crippen molar-refractivity contribution in [2.75, 3.05) is 12.4 Å². The average molecular weight is 392 g/mol. The highest BCUT2D eigenvalue weighted by Gasteiger charge is 2.48. The number of rotatable bonds is 5. The molecule has 0 aromatic carbocycles. The summed E-state index contributed by atoms with van der Waals surface area (Å²) in [5, 5.41) is 15.2. The molecule has 2 amide bonds. The zero-order chi connectivity index (χ0) is 20.4. The maximum Gasteiger partial charge on any atom is 0.319 e. The zero-order valence-corrected chi connectivity index (χ0v) is 16.3. The summed E-state index contributed by atoms with van der Waals surface area (Å²) in [4.78, 5) is 27.4. The number of allylic oxidation sites excluding steroid dienone is 1. The van der Waals surface area contributed by atoms with Crippen LogP contribution >= 0.6 is 0 Å². The standard InChI is InChI=1S/C20H24N8O/c1-23-11-14(10-21)25-18-24-7-4-17(26-18)13-8-15-2-3-16(9-13)28(15)19(29)27-20(12-22)5-6-20/h4,7-8,10-11,15-16H,2-3,5-6,9,21H2,1H3,(H,27,29)(H,24,25,26). The number of hydrogen-bond acceptors (Lipinski definition) is 7. The van der Waals surface area contributed by atoms with Gasteiger partial charge in [-0.15, -0.1) is 0 Å². The number of aliphatic imine (C=N–C) groups is 1. The largest absolute Gasteiger partial charge is 0.403 e. The molecule has 3 aliphatic rings. The highest BCUT2D eigenvalue weighted by molar-refractivity contribution is 5.82. The van der Waals surface area contributed by atoms with Crippen LogP contribution in [0.1, 0.15) is 37.8 Å². The Morgan fingerprint density at radius 3 is 2.97 bits per heavy atom. The number of nitrogens with zero attached hydrogens (tertiary/aromatic N) is 5. The number of hydrogen-bond donors (Lipinski definition) is 3. The molecular weight excluding hydrogens is 368 g/mol. The molecule has 4 rings (SSSR count). The Balaban J connectivity index is 1.51. The van der Waals surface area contributed by atoms with E-state index in [1.807, 2.05) is 11.0 Å². The number of nitrogens with one attached hydrogen (secondary N) is 2. The lowest BCUT2D eigenvalue weighted by atomic mass is 9.98. The van der Waals surface area contributed by atoms with Gasteiger partial charge in [0.1, 0.15) is 5.54 Å². The van der Waals surface area contributed by atoms with E-state index in [0.29, 0.717) is 11.6 Å². The maximum absolute atomic E-state index is 12.8. The van der Waals surface area contributed by atoms with Crippen molar-refractivity contribution in [2.24, 2.45) is 10.7 Å². The number of anilines is 1. The van der Waals surface area contributed by atoms with E-state index in [4.69, 9.17) is 5.73 Å². The number of carbonyl (C=O) groups excluding carboxylic acids is 1. The second kappa shape index (κ2) is 7.54. The minimum Gasteiger partial charge on any atom is -0.403 e. The van der Waals surface area contributed by atoms with E-state index < -0.39 is 5.54 Å². The molecule has 150 valence electrons. The molecule has 3 heterocycles. The van der Waals surface area contributed by atoms with Gasteiger partial charge in [-0.25, -0.2) is 14.8 Å². The van der Waals surface area contributed by atoms with Gasteiger partial charge >= 0.3 is 6.03 Å². The molecular formula is C20H24N8O. The first-order valence-corrected chi connectivity index (χ1v) is 9.74. The molecule has 29 heavy (non-hydrogen) atoms. The summed E-state index contributed by atoms with van der Waals surface area (Å²) in [6.07, 6.45) is 10.9. The van der Waals surface area contributed by atoms with Crippen LogP contribution in [0.15, 0.2) is 35.2 Å². The number of carbonyl (C=O) groups is 1. The molecule has 2 aliphatic heterocycles. The van der Waals surface area contributed by atoms with Crippen molar-refractivity contribution in [2.45, 2.75) is 49.7 Å². The van der Waals surface area contributed by atoms with Crippen LogP contribution in [0.5, 0.6) is 0 Å². The lowest BCUT2D eigenvalue weighted by Crippen LogP contribution is -2.51. The molecule has 1 saturated carbocycles. The van der Waals surface area contributed by atoms with Crippen LogP contribution in [-0.4, -0.2) is 51.8 Å². The predicted molar refractivity (Wildman–Crippen MR) is 110 cm³/mol. The van der Waals surface area contributed by atoms with Crippen LogP contribution < -0.4 is 16.4 Å². The Bertz CT molecular complexity index is 940. The molecule has 4 N–H and O–H groups in total. The summed E-state index contributed by atoms with van der Waals surface area (Å²) in [6, 6.07) is 4.11. The van der Waals surface area contributed by atoms with Crippen molar-refractivity contribution in [3.8, 4) is 6.07 Å². The number of nitrogens with two attached hydrogens (primary N) is 1. The fourth-order valence-corrected chi connectivity index (χ4v) is 3.98. The first kappa shape index (κ1) is 18.9. The Hall–Kier alpha value is -3.41. The third kappa shape index (κ3) is 3.78. The van der Waals surface area contributed by atoms with Crippen LogP contribution in [0.25, 0.3) is 5.57 Å². The van der Waals surface area contributed by atoms with Gasteiger partial charge in [-0.3, -0.25) is 4.99 Å². The SMILES string of the molecule is CN=CC(=CN)Nc1nccc(C2=CC3CCC(C2)N3C(=O)NC2(C#N)CC2)n1. The zero-order valence-electron chi connectivity index (χ0n) is 16.3. The van der Waals surface area contributed by atoms with E-state index in [-0.39, 0.29) is 18.1 Å². The van der Waals surface area contributed by atoms with Gasteiger partial charge < -0.3 is 21.3 Å². The third-order valence-electron chi connectivity index (χ3n) is 5.63. The van der Waals surface area contributed by atoms with Crippen molar-refractivity contribution in [1.82, 2.24) is 20.2 Å². The Morgan fingerprint density at radius 1 is 1.48 bits per heavy atom. The summed E-state index contributed by atoms with van der Waals surface area (Å²) in [7, 11) is 1.66. The second-order valence-corrected chi connectivity index (χ2v) is 7.63. The van der Waals surface area contributed by atoms with E-state index >= 15 is 0 Å². The van der Waals surface area contributed by atoms with E-state index in [0.717, 1.165) is 43.4 Å².